The van der Waals surface area contributed by atoms with E-state index in [1.807, 2.05) is 0 Å². The number of aromatic nitrogens is 1. The molecule has 6 aliphatic rings. The Morgan fingerprint density at radius 1 is 1.20 bits per heavy atom. The van der Waals surface area contributed by atoms with Gasteiger partial charge >= 0.3 is 5.97 Å². The average Bonchev–Trinajstić information content (AvgIpc) is 2.47. The van der Waals surface area contributed by atoms with Crippen LogP contribution in [0, 0.1) is 53.3 Å². The van der Waals surface area contributed by atoms with Gasteiger partial charge in [-0.3, -0.25) is 9.78 Å². The number of hydrogen-bond donors (Lipinski definition) is 0. The third-order valence-corrected chi connectivity index (χ3v) is 7.81. The minimum Gasteiger partial charge on any atom is -0.469 e. The van der Waals surface area contributed by atoms with Crippen molar-refractivity contribution in [1.82, 2.24) is 4.98 Å². The van der Waals surface area contributed by atoms with Crippen molar-refractivity contribution in [3.63, 3.8) is 0 Å². The fraction of sp³-hybridized carbons (Fsp3) is 0.647. The van der Waals surface area contributed by atoms with Gasteiger partial charge in [0.05, 0.1) is 12.5 Å². The topological polar surface area (TPSA) is 39.2 Å². The number of hydrogen-bond acceptors (Lipinski definition) is 3. The lowest BCUT2D eigenvalue weighted by Crippen LogP contribution is -3.11. The van der Waals surface area contributed by atoms with E-state index >= 15 is 0 Å². The van der Waals surface area contributed by atoms with Gasteiger partial charge in [0.2, 0.25) is 0 Å². The molecule has 1 heterocycles. The minimum absolute atomic E-state index is 0.0104. The number of aryl methyl sites for hydroxylation is 1. The van der Waals surface area contributed by atoms with E-state index in [9.17, 15) is 4.79 Å². The smallest absolute Gasteiger partial charge is 0.312 e. The highest BCUT2D eigenvalue weighted by Gasteiger charge is 3.11. The number of carbonyl (C=O) groups excluding carboxylic acids is 1. The molecule has 0 N–H and O–H groups in total. The first-order valence-electron chi connectivity index (χ1n) is 7.70. The van der Waals surface area contributed by atoms with E-state index in [-0.39, 0.29) is 11.4 Å². The molecular formula is C17H17NO2. The van der Waals surface area contributed by atoms with Crippen LogP contribution >= 0.6 is 0 Å². The largest absolute Gasteiger partial charge is 0.469 e. The second-order valence-electron chi connectivity index (χ2n) is 7.64. The Bertz CT molecular complexity index is 640. The lowest BCUT2D eigenvalue weighted by atomic mass is 8.92. The van der Waals surface area contributed by atoms with Gasteiger partial charge < -0.3 is 4.74 Å². The van der Waals surface area contributed by atoms with Crippen LogP contribution < -0.4 is 0 Å². The molecule has 6 fully saturated rings. The van der Waals surface area contributed by atoms with Crippen molar-refractivity contribution in [1.29, 1.82) is 0 Å². The number of pyridine rings is 1. The molecule has 6 saturated carbocycles. The number of ether oxygens (including phenoxy) is 1. The summed E-state index contributed by atoms with van der Waals surface area (Å²) < 4.78 is 5.08. The molecule has 0 atom stereocenters. The fourth-order valence-electron chi connectivity index (χ4n) is 7.70. The normalized spacial score (nSPS) is 57.3. The SMILES string of the molecule is COC(=O)C12C3C4C1C1C2C3C41Cc1cccc(C)n1. The van der Waals surface area contributed by atoms with Crippen molar-refractivity contribution >= 4 is 5.97 Å². The highest BCUT2D eigenvalue weighted by atomic mass is 16.5. The first-order chi connectivity index (χ1) is 9.69. The van der Waals surface area contributed by atoms with Crippen molar-refractivity contribution in [2.24, 2.45) is 46.3 Å². The van der Waals surface area contributed by atoms with Gasteiger partial charge in [-0.25, -0.2) is 0 Å². The highest BCUT2D eigenvalue weighted by Crippen LogP contribution is 3.10. The zero-order valence-corrected chi connectivity index (χ0v) is 11.7. The van der Waals surface area contributed by atoms with E-state index in [4.69, 9.17) is 4.74 Å². The number of nitrogens with zero attached hydrogens (tertiary/aromatic N) is 1. The molecule has 102 valence electrons. The Balaban J connectivity index is 1.31. The maximum Gasteiger partial charge on any atom is 0.312 e. The summed E-state index contributed by atoms with van der Waals surface area (Å²) in [4.78, 5) is 16.8. The molecule has 0 saturated heterocycles. The molecular weight excluding hydrogens is 250 g/mol. The molecule has 0 aromatic carbocycles. The first kappa shape index (κ1) is 10.4. The Kier molecular flexibility index (Phi) is 1.33. The van der Waals surface area contributed by atoms with Gasteiger partial charge in [-0.1, -0.05) is 6.07 Å². The summed E-state index contributed by atoms with van der Waals surface area (Å²) in [6.45, 7) is 2.06. The van der Waals surface area contributed by atoms with Gasteiger partial charge in [-0.15, -0.1) is 0 Å². The van der Waals surface area contributed by atoms with Crippen LogP contribution in [0.25, 0.3) is 0 Å². The molecule has 0 bridgehead atoms. The Morgan fingerprint density at radius 3 is 2.40 bits per heavy atom. The predicted molar refractivity (Wildman–Crippen MR) is 70.5 cm³/mol. The molecule has 1 aromatic rings. The van der Waals surface area contributed by atoms with Crippen molar-refractivity contribution in [2.75, 3.05) is 7.11 Å². The maximum atomic E-state index is 12.1. The fourth-order valence-corrected chi connectivity index (χ4v) is 7.70. The van der Waals surface area contributed by atoms with Gasteiger partial charge in [-0.2, -0.15) is 0 Å². The summed E-state index contributed by atoms with van der Waals surface area (Å²) in [6.07, 6.45) is 1.15. The van der Waals surface area contributed by atoms with E-state index in [0.29, 0.717) is 23.2 Å². The zero-order chi connectivity index (χ0) is 13.4. The lowest BCUT2D eigenvalue weighted by molar-refractivity contribution is -0.643. The number of esters is 1. The van der Waals surface area contributed by atoms with E-state index < -0.39 is 0 Å². The van der Waals surface area contributed by atoms with Crippen LogP contribution in [0.5, 0.6) is 0 Å². The molecule has 7 rings (SSSR count). The zero-order valence-electron chi connectivity index (χ0n) is 11.7. The summed E-state index contributed by atoms with van der Waals surface area (Å²) in [7, 11) is 1.55. The molecule has 0 unspecified atom stereocenters. The van der Waals surface area contributed by atoms with E-state index in [1.165, 1.54) is 5.69 Å². The van der Waals surface area contributed by atoms with Crippen LogP contribution in [-0.4, -0.2) is 18.1 Å². The maximum absolute atomic E-state index is 12.1. The number of carbonyl (C=O) groups is 1. The van der Waals surface area contributed by atoms with E-state index in [2.05, 4.69) is 30.1 Å². The summed E-state index contributed by atoms with van der Waals surface area (Å²) >= 11 is 0. The predicted octanol–water partition coefficient (Wildman–Crippen LogP) is 1.84. The van der Waals surface area contributed by atoms with Crippen LogP contribution in [0.15, 0.2) is 18.2 Å². The molecule has 0 radical (unpaired) electrons. The summed E-state index contributed by atoms with van der Waals surface area (Å²) in [6, 6.07) is 6.36. The quantitative estimate of drug-likeness (QED) is 0.785. The van der Waals surface area contributed by atoms with Gasteiger partial charge in [-0.05, 0) is 66.4 Å². The summed E-state index contributed by atoms with van der Waals surface area (Å²) in [5, 5.41) is 0. The first-order valence-corrected chi connectivity index (χ1v) is 7.70. The molecule has 3 heteroatoms. The Hall–Kier alpha value is -1.38. The van der Waals surface area contributed by atoms with Gasteiger partial charge in [0.15, 0.2) is 0 Å². The van der Waals surface area contributed by atoms with Gasteiger partial charge in [0, 0.05) is 11.4 Å². The molecule has 3 nitrogen and oxygen atoms in total. The van der Waals surface area contributed by atoms with Crippen LogP contribution in [0.2, 0.25) is 0 Å². The van der Waals surface area contributed by atoms with Gasteiger partial charge in [0.1, 0.15) is 0 Å². The monoisotopic (exact) mass is 267 g/mol. The molecule has 0 aliphatic heterocycles. The number of rotatable bonds is 3. The summed E-state index contributed by atoms with van der Waals surface area (Å²) in [5.41, 5.74) is 2.94. The average molecular weight is 267 g/mol. The standard InChI is InChI=1S/C17H17NO2/c1-7-4-3-5-8(18-7)6-16-9-12-10(16)14-11(16)13(9)17(12,14)15(19)20-2/h3-5,9-14H,6H2,1-2H3. The minimum atomic E-state index is 0.0104. The number of methoxy groups -OCH3 is 1. The van der Waals surface area contributed by atoms with Gasteiger partial charge in [0.25, 0.3) is 0 Å². The van der Waals surface area contributed by atoms with Crippen molar-refractivity contribution in [3.8, 4) is 0 Å². The lowest BCUT2D eigenvalue weighted by Gasteiger charge is -3.10. The molecule has 6 aliphatic carbocycles. The van der Waals surface area contributed by atoms with Crippen LogP contribution in [0.1, 0.15) is 11.4 Å². The van der Waals surface area contributed by atoms with Crippen LogP contribution in [-0.2, 0) is 16.0 Å². The second-order valence-corrected chi connectivity index (χ2v) is 7.64. The Morgan fingerprint density at radius 2 is 1.85 bits per heavy atom. The molecule has 1 aromatic heterocycles. The second kappa shape index (κ2) is 2.56. The van der Waals surface area contributed by atoms with Crippen LogP contribution in [0.3, 0.4) is 0 Å². The Labute approximate surface area is 117 Å². The third kappa shape index (κ3) is 0.609. The molecule has 0 amide bonds. The van der Waals surface area contributed by atoms with Crippen molar-refractivity contribution in [2.45, 2.75) is 13.3 Å². The molecule has 0 spiro atoms. The van der Waals surface area contributed by atoms with Crippen molar-refractivity contribution < 1.29 is 9.53 Å². The van der Waals surface area contributed by atoms with E-state index in [1.54, 1.807) is 7.11 Å². The van der Waals surface area contributed by atoms with Crippen LogP contribution in [0.4, 0.5) is 0 Å². The van der Waals surface area contributed by atoms with Crippen molar-refractivity contribution in [3.05, 3.63) is 29.6 Å². The summed E-state index contributed by atoms with van der Waals surface area (Å²) in [5.74, 6) is 4.61. The third-order valence-electron chi connectivity index (χ3n) is 7.81. The highest BCUT2D eigenvalue weighted by molar-refractivity contribution is 5.88. The molecule has 20 heavy (non-hydrogen) atoms. The van der Waals surface area contributed by atoms with E-state index in [0.717, 1.165) is 29.9 Å².